The van der Waals surface area contributed by atoms with Crippen LogP contribution in [0.15, 0.2) is 36.9 Å². The molecule has 0 aromatic carbocycles. The van der Waals surface area contributed by atoms with Crippen LogP contribution in [0.1, 0.15) is 19.3 Å². The molecule has 1 aliphatic heterocycles. The maximum absolute atomic E-state index is 12.5. The maximum Gasteiger partial charge on any atom is 0.405 e. The number of hydrogen-bond donors (Lipinski definition) is 2. The van der Waals surface area contributed by atoms with Gasteiger partial charge in [0.05, 0.1) is 29.7 Å². The molecule has 166 valence electrons. The van der Waals surface area contributed by atoms with Crippen LogP contribution in [0.2, 0.25) is 0 Å². The fraction of sp³-hybridized carbons (Fsp3) is 0.421. The third-order valence-corrected chi connectivity index (χ3v) is 7.22. The molecule has 0 radical (unpaired) electrons. The number of alkyl halides is 3. The Morgan fingerprint density at radius 2 is 2.00 bits per heavy atom. The highest BCUT2D eigenvalue weighted by molar-refractivity contribution is 7.91. The van der Waals surface area contributed by atoms with Crippen molar-refractivity contribution in [3.8, 4) is 11.1 Å². The highest BCUT2D eigenvalue weighted by Gasteiger charge is 2.42. The van der Waals surface area contributed by atoms with Crippen molar-refractivity contribution in [3.05, 3.63) is 36.9 Å². The summed E-state index contributed by atoms with van der Waals surface area (Å²) in [5, 5.41) is 7.12. The zero-order chi connectivity index (χ0) is 22.3. The first kappa shape index (κ1) is 21.3. The monoisotopic (exact) mass is 455 g/mol. The number of hydrogen-bond acceptors (Lipinski definition) is 5. The van der Waals surface area contributed by atoms with Gasteiger partial charge in [0.1, 0.15) is 12.2 Å². The molecule has 12 heteroatoms. The van der Waals surface area contributed by atoms with Gasteiger partial charge in [0.15, 0.2) is 9.84 Å². The van der Waals surface area contributed by atoms with Gasteiger partial charge in [0.2, 0.25) is 5.91 Å². The molecule has 0 atom stereocenters. The molecule has 1 fully saturated rings. The highest BCUT2D eigenvalue weighted by atomic mass is 32.2. The van der Waals surface area contributed by atoms with Gasteiger partial charge in [-0.2, -0.15) is 18.3 Å². The second-order valence-electron chi connectivity index (χ2n) is 7.72. The molecule has 4 heterocycles. The van der Waals surface area contributed by atoms with Gasteiger partial charge >= 0.3 is 6.18 Å². The number of aromatic nitrogens is 4. The Bertz CT molecular complexity index is 1200. The second-order valence-corrected chi connectivity index (χ2v) is 10.0. The molecule has 8 nitrogen and oxygen atoms in total. The molecule has 31 heavy (non-hydrogen) atoms. The summed E-state index contributed by atoms with van der Waals surface area (Å²) in [6.07, 6.45) is 2.05. The van der Waals surface area contributed by atoms with E-state index in [0.717, 1.165) is 16.5 Å². The fourth-order valence-corrected chi connectivity index (χ4v) is 5.49. The molecule has 3 aromatic rings. The lowest BCUT2D eigenvalue weighted by atomic mass is 9.88. The van der Waals surface area contributed by atoms with Crippen molar-refractivity contribution >= 4 is 26.8 Å². The third-order valence-electron chi connectivity index (χ3n) is 5.57. The number of fused-ring (bicyclic) bond motifs is 1. The van der Waals surface area contributed by atoms with Crippen LogP contribution >= 0.6 is 0 Å². The predicted molar refractivity (Wildman–Crippen MR) is 107 cm³/mol. The van der Waals surface area contributed by atoms with Crippen molar-refractivity contribution in [1.82, 2.24) is 25.1 Å². The van der Waals surface area contributed by atoms with E-state index in [2.05, 4.69) is 15.1 Å². The maximum atomic E-state index is 12.5. The van der Waals surface area contributed by atoms with Crippen molar-refractivity contribution in [2.45, 2.75) is 31.0 Å². The lowest BCUT2D eigenvalue weighted by Crippen LogP contribution is -2.46. The summed E-state index contributed by atoms with van der Waals surface area (Å²) in [5.74, 6) is -1.12. The predicted octanol–water partition coefficient (Wildman–Crippen LogP) is 2.40. The van der Waals surface area contributed by atoms with Crippen molar-refractivity contribution in [1.29, 1.82) is 0 Å². The van der Waals surface area contributed by atoms with Crippen LogP contribution in [-0.4, -0.2) is 58.3 Å². The summed E-state index contributed by atoms with van der Waals surface area (Å²) in [7, 11) is -3.26. The van der Waals surface area contributed by atoms with Crippen molar-refractivity contribution in [3.63, 3.8) is 0 Å². The van der Waals surface area contributed by atoms with E-state index in [1.54, 1.807) is 24.8 Å². The van der Waals surface area contributed by atoms with E-state index < -0.39 is 34.0 Å². The van der Waals surface area contributed by atoms with Gasteiger partial charge in [-0.15, -0.1) is 0 Å². The Balaban J connectivity index is 1.65. The van der Waals surface area contributed by atoms with E-state index >= 15 is 0 Å². The van der Waals surface area contributed by atoms with Gasteiger partial charge in [-0.25, -0.2) is 13.4 Å². The highest BCUT2D eigenvalue weighted by Crippen LogP contribution is 2.36. The van der Waals surface area contributed by atoms with Gasteiger partial charge in [0.25, 0.3) is 0 Å². The summed E-state index contributed by atoms with van der Waals surface area (Å²) in [5.41, 5.74) is 1.24. The number of nitrogens with zero attached hydrogens (tertiary/aromatic N) is 3. The van der Waals surface area contributed by atoms with Crippen LogP contribution in [0.5, 0.6) is 0 Å². The first-order valence-corrected chi connectivity index (χ1v) is 11.4. The number of sulfone groups is 1. The van der Waals surface area contributed by atoms with Crippen LogP contribution in [0.4, 0.5) is 13.2 Å². The minimum atomic E-state index is -4.53. The normalized spacial score (nSPS) is 18.2. The molecule has 3 aromatic heterocycles. The molecule has 0 aliphatic carbocycles. The van der Waals surface area contributed by atoms with E-state index in [1.807, 2.05) is 17.4 Å². The lowest BCUT2D eigenvalue weighted by molar-refractivity contribution is -0.139. The van der Waals surface area contributed by atoms with Gasteiger partial charge in [0, 0.05) is 29.5 Å². The molecule has 1 aliphatic rings. The van der Waals surface area contributed by atoms with Crippen molar-refractivity contribution < 1.29 is 26.4 Å². The SMILES string of the molecule is O=C(CC1(n2cc(-c3ccnc4[nH]ccc34)cn2)CCS(=O)(=O)CC1)NCC(F)(F)F. The van der Waals surface area contributed by atoms with Crippen LogP contribution in [0, 0.1) is 0 Å². The molecule has 0 saturated carbocycles. The first-order valence-electron chi connectivity index (χ1n) is 9.58. The Labute approximate surface area is 175 Å². The molecule has 1 amide bonds. The van der Waals surface area contributed by atoms with Gasteiger partial charge in [-0.1, -0.05) is 0 Å². The number of nitrogens with one attached hydrogen (secondary N) is 2. The van der Waals surface area contributed by atoms with Gasteiger partial charge in [-0.05, 0) is 30.5 Å². The average molecular weight is 455 g/mol. The zero-order valence-electron chi connectivity index (χ0n) is 16.3. The molecule has 4 rings (SSSR count). The molecule has 0 bridgehead atoms. The van der Waals surface area contributed by atoms with Crippen molar-refractivity contribution in [2.75, 3.05) is 18.1 Å². The third kappa shape index (κ3) is 4.58. The fourth-order valence-electron chi connectivity index (χ4n) is 3.90. The summed E-state index contributed by atoms with van der Waals surface area (Å²) in [6.45, 7) is -1.44. The largest absolute Gasteiger partial charge is 0.405 e. The van der Waals surface area contributed by atoms with E-state index in [-0.39, 0.29) is 30.8 Å². The summed E-state index contributed by atoms with van der Waals surface area (Å²) < 4.78 is 62.9. The smallest absolute Gasteiger partial charge is 0.347 e. The number of carbonyl (C=O) groups excluding carboxylic acids is 1. The van der Waals surface area contributed by atoms with Crippen molar-refractivity contribution in [2.24, 2.45) is 0 Å². The van der Waals surface area contributed by atoms with E-state index in [0.29, 0.717) is 5.65 Å². The van der Waals surface area contributed by atoms with Crippen LogP contribution in [0.25, 0.3) is 22.2 Å². The minimum Gasteiger partial charge on any atom is -0.347 e. The molecule has 0 spiro atoms. The summed E-state index contributed by atoms with van der Waals surface area (Å²) >= 11 is 0. The quantitative estimate of drug-likeness (QED) is 0.614. The second kappa shape index (κ2) is 7.66. The standard InChI is InChI=1S/C19H20F3N5O3S/c20-19(21,22)12-25-16(28)9-18(3-7-31(29,30)8-4-18)27-11-13(10-26-27)14-1-5-23-17-15(14)2-6-24-17/h1-2,5-6,10-11H,3-4,7-9,12H2,(H,23,24)(H,25,28). The zero-order valence-corrected chi connectivity index (χ0v) is 17.1. The molecule has 0 unspecified atom stereocenters. The summed E-state index contributed by atoms with van der Waals surface area (Å²) in [4.78, 5) is 19.6. The topological polar surface area (TPSA) is 110 Å². The molecule has 2 N–H and O–H groups in total. The molecular formula is C19H20F3N5O3S. The average Bonchev–Trinajstić information content (AvgIpc) is 3.37. The Kier molecular flexibility index (Phi) is 5.28. The van der Waals surface area contributed by atoms with Gasteiger partial charge in [-0.3, -0.25) is 9.48 Å². The van der Waals surface area contributed by atoms with E-state index in [4.69, 9.17) is 0 Å². The van der Waals surface area contributed by atoms with Crippen LogP contribution in [0.3, 0.4) is 0 Å². The number of amides is 1. The van der Waals surface area contributed by atoms with Crippen LogP contribution < -0.4 is 5.32 Å². The van der Waals surface area contributed by atoms with Gasteiger partial charge < -0.3 is 10.3 Å². The van der Waals surface area contributed by atoms with Crippen LogP contribution in [-0.2, 0) is 20.2 Å². The number of pyridine rings is 1. The number of carbonyl (C=O) groups is 1. The number of H-pyrrole nitrogens is 1. The van der Waals surface area contributed by atoms with E-state index in [1.165, 1.54) is 4.68 Å². The minimum absolute atomic E-state index is 0.0891. The van der Waals surface area contributed by atoms with E-state index in [9.17, 15) is 26.4 Å². The number of halogens is 3. The Morgan fingerprint density at radius 3 is 2.71 bits per heavy atom. The number of rotatable bonds is 5. The Hall–Kier alpha value is -2.89. The summed E-state index contributed by atoms with van der Waals surface area (Å²) in [6, 6.07) is 3.67. The lowest BCUT2D eigenvalue weighted by Gasteiger charge is -2.37. The number of aromatic amines is 1. The molecular weight excluding hydrogens is 435 g/mol. The molecule has 1 saturated heterocycles. The Morgan fingerprint density at radius 1 is 1.26 bits per heavy atom. The first-order chi connectivity index (χ1) is 14.6.